The SMILES string of the molecule is O=C(c1cccs1)[C@@H](C(=O)C(F)(F)F)[C@H](Nc1ccc2ccccc2c1)c1ccccc1. The van der Waals surface area contributed by atoms with Gasteiger partial charge in [-0.2, -0.15) is 13.2 Å². The van der Waals surface area contributed by atoms with Crippen molar-refractivity contribution >= 4 is 39.4 Å². The molecule has 2 atom stereocenters. The van der Waals surface area contributed by atoms with Crippen molar-refractivity contribution in [3.63, 3.8) is 0 Å². The molecule has 1 aromatic heterocycles. The van der Waals surface area contributed by atoms with E-state index in [0.29, 0.717) is 11.3 Å². The van der Waals surface area contributed by atoms with Crippen LogP contribution in [0.5, 0.6) is 0 Å². The Morgan fingerprint density at radius 3 is 2.16 bits per heavy atom. The number of rotatable bonds is 7. The molecule has 32 heavy (non-hydrogen) atoms. The maximum atomic E-state index is 13.6. The summed E-state index contributed by atoms with van der Waals surface area (Å²) in [7, 11) is 0. The molecule has 3 nitrogen and oxygen atoms in total. The number of hydrogen-bond acceptors (Lipinski definition) is 4. The quantitative estimate of drug-likeness (QED) is 0.251. The standard InChI is InChI=1S/C25H18F3NO2S/c26-25(27,28)24(31)21(23(30)20-11-6-14-32-20)22(17-8-2-1-3-9-17)29-19-13-12-16-7-4-5-10-18(16)15-19/h1-15,21-22,29H/t21-,22+/m0/s1. The molecular formula is C25H18F3NO2S. The molecular weight excluding hydrogens is 435 g/mol. The first-order valence-corrected chi connectivity index (χ1v) is 10.7. The summed E-state index contributed by atoms with van der Waals surface area (Å²) in [5.41, 5.74) is 0.921. The Labute approximate surface area is 186 Å². The van der Waals surface area contributed by atoms with Crippen LogP contribution in [0.2, 0.25) is 0 Å². The third-order valence-electron chi connectivity index (χ3n) is 5.17. The number of carbonyl (C=O) groups excluding carboxylic acids is 2. The highest BCUT2D eigenvalue weighted by atomic mass is 32.1. The van der Waals surface area contributed by atoms with Crippen LogP contribution < -0.4 is 5.32 Å². The van der Waals surface area contributed by atoms with Gasteiger partial charge in [0.15, 0.2) is 5.78 Å². The van der Waals surface area contributed by atoms with Gasteiger partial charge in [-0.05, 0) is 39.9 Å². The number of carbonyl (C=O) groups is 2. The van der Waals surface area contributed by atoms with Crippen LogP contribution >= 0.6 is 11.3 Å². The van der Waals surface area contributed by atoms with E-state index in [9.17, 15) is 22.8 Å². The Morgan fingerprint density at radius 2 is 1.50 bits per heavy atom. The van der Waals surface area contributed by atoms with Crippen LogP contribution in [0.3, 0.4) is 0 Å². The van der Waals surface area contributed by atoms with Crippen LogP contribution in [-0.4, -0.2) is 17.7 Å². The van der Waals surface area contributed by atoms with Crippen LogP contribution in [0.25, 0.3) is 10.8 Å². The molecule has 0 bridgehead atoms. The lowest BCUT2D eigenvalue weighted by Crippen LogP contribution is -2.41. The lowest BCUT2D eigenvalue weighted by molar-refractivity contribution is -0.174. The van der Waals surface area contributed by atoms with Crippen LogP contribution in [0.15, 0.2) is 90.3 Å². The molecule has 0 radical (unpaired) electrons. The topological polar surface area (TPSA) is 46.2 Å². The number of nitrogens with one attached hydrogen (secondary N) is 1. The predicted molar refractivity (Wildman–Crippen MR) is 120 cm³/mol. The van der Waals surface area contributed by atoms with Gasteiger partial charge in [-0.25, -0.2) is 0 Å². The smallest absolute Gasteiger partial charge is 0.377 e. The average molecular weight is 453 g/mol. The largest absolute Gasteiger partial charge is 0.450 e. The molecule has 0 unspecified atom stereocenters. The van der Waals surface area contributed by atoms with Crippen LogP contribution in [0.1, 0.15) is 21.3 Å². The highest BCUT2D eigenvalue weighted by Gasteiger charge is 2.50. The van der Waals surface area contributed by atoms with Gasteiger partial charge in [0.05, 0.1) is 10.9 Å². The molecule has 0 aliphatic rings. The molecule has 0 aliphatic carbocycles. The number of ketones is 2. The van der Waals surface area contributed by atoms with Crippen molar-refractivity contribution in [2.24, 2.45) is 5.92 Å². The highest BCUT2D eigenvalue weighted by molar-refractivity contribution is 7.12. The van der Waals surface area contributed by atoms with Crippen LogP contribution in [-0.2, 0) is 4.79 Å². The zero-order valence-electron chi connectivity index (χ0n) is 16.7. The molecule has 1 N–H and O–H groups in total. The maximum absolute atomic E-state index is 13.6. The summed E-state index contributed by atoms with van der Waals surface area (Å²) in [6.07, 6.45) is -5.16. The normalized spacial score (nSPS) is 13.5. The lowest BCUT2D eigenvalue weighted by atomic mass is 9.85. The Kier molecular flexibility index (Phi) is 6.10. The van der Waals surface area contributed by atoms with Crippen molar-refractivity contribution < 1.29 is 22.8 Å². The maximum Gasteiger partial charge on any atom is 0.450 e. The minimum absolute atomic E-state index is 0.105. The second-order valence-electron chi connectivity index (χ2n) is 7.28. The fraction of sp³-hybridized carbons (Fsp3) is 0.120. The number of Topliss-reactive ketones (excluding diaryl/α,β-unsaturated/α-hetero) is 2. The third kappa shape index (κ3) is 4.57. The molecule has 0 saturated carbocycles. The zero-order valence-corrected chi connectivity index (χ0v) is 17.5. The molecule has 0 saturated heterocycles. The first kappa shape index (κ1) is 21.8. The minimum atomic E-state index is -5.16. The average Bonchev–Trinajstić information content (AvgIpc) is 3.33. The van der Waals surface area contributed by atoms with Gasteiger partial charge in [-0.1, -0.05) is 66.7 Å². The second-order valence-corrected chi connectivity index (χ2v) is 8.22. The molecule has 162 valence electrons. The van der Waals surface area contributed by atoms with E-state index in [1.807, 2.05) is 30.3 Å². The summed E-state index contributed by atoms with van der Waals surface area (Å²) in [6, 6.07) is 23.0. The van der Waals surface area contributed by atoms with Crippen molar-refractivity contribution in [2.45, 2.75) is 12.2 Å². The van der Waals surface area contributed by atoms with E-state index in [4.69, 9.17) is 0 Å². The Bertz CT molecular complexity index is 1240. The number of benzene rings is 3. The molecule has 3 aromatic carbocycles. The van der Waals surface area contributed by atoms with Gasteiger partial charge in [-0.3, -0.25) is 9.59 Å². The Hall–Kier alpha value is -3.45. The fourth-order valence-corrected chi connectivity index (χ4v) is 4.35. The molecule has 0 spiro atoms. The van der Waals surface area contributed by atoms with E-state index in [2.05, 4.69) is 5.32 Å². The van der Waals surface area contributed by atoms with Gasteiger partial charge in [0.1, 0.15) is 5.92 Å². The third-order valence-corrected chi connectivity index (χ3v) is 6.06. The summed E-state index contributed by atoms with van der Waals surface area (Å²) >= 11 is 1.01. The summed E-state index contributed by atoms with van der Waals surface area (Å²) in [5, 5.41) is 6.49. The van der Waals surface area contributed by atoms with Gasteiger partial charge in [0, 0.05) is 5.69 Å². The molecule has 0 fully saturated rings. The Morgan fingerprint density at radius 1 is 0.812 bits per heavy atom. The van der Waals surface area contributed by atoms with Gasteiger partial charge < -0.3 is 5.32 Å². The summed E-state index contributed by atoms with van der Waals surface area (Å²) in [6.45, 7) is 0. The second kappa shape index (κ2) is 8.96. The van der Waals surface area contributed by atoms with E-state index in [1.165, 1.54) is 6.07 Å². The molecule has 0 amide bonds. The van der Waals surface area contributed by atoms with E-state index < -0.39 is 29.7 Å². The number of anilines is 1. The van der Waals surface area contributed by atoms with Gasteiger partial charge in [0.2, 0.25) is 5.78 Å². The lowest BCUT2D eigenvalue weighted by Gasteiger charge is -2.28. The molecule has 0 aliphatic heterocycles. The number of halogens is 3. The number of hydrogen-bond donors (Lipinski definition) is 1. The monoisotopic (exact) mass is 453 g/mol. The molecule has 4 aromatic rings. The first-order valence-electron chi connectivity index (χ1n) is 9.83. The van der Waals surface area contributed by atoms with Gasteiger partial charge in [-0.15, -0.1) is 11.3 Å². The van der Waals surface area contributed by atoms with Gasteiger partial charge in [0.25, 0.3) is 0 Å². The predicted octanol–water partition coefficient (Wildman–Crippen LogP) is 6.69. The van der Waals surface area contributed by atoms with E-state index in [1.54, 1.807) is 53.9 Å². The van der Waals surface area contributed by atoms with Crippen molar-refractivity contribution in [3.05, 3.63) is 101 Å². The van der Waals surface area contributed by atoms with E-state index >= 15 is 0 Å². The van der Waals surface area contributed by atoms with Crippen molar-refractivity contribution in [1.82, 2.24) is 0 Å². The number of thiophene rings is 1. The van der Waals surface area contributed by atoms with Crippen LogP contribution in [0, 0.1) is 5.92 Å². The Balaban J connectivity index is 1.81. The number of alkyl halides is 3. The summed E-state index contributed by atoms with van der Waals surface area (Å²) in [5.74, 6) is -4.90. The minimum Gasteiger partial charge on any atom is -0.377 e. The molecule has 1 heterocycles. The van der Waals surface area contributed by atoms with E-state index in [-0.39, 0.29) is 4.88 Å². The summed E-state index contributed by atoms with van der Waals surface area (Å²) in [4.78, 5) is 25.8. The molecule has 4 rings (SSSR count). The zero-order chi connectivity index (χ0) is 22.7. The van der Waals surface area contributed by atoms with Gasteiger partial charge >= 0.3 is 6.18 Å². The van der Waals surface area contributed by atoms with E-state index in [0.717, 1.165) is 22.1 Å². The number of fused-ring (bicyclic) bond motifs is 1. The molecule has 7 heteroatoms. The first-order chi connectivity index (χ1) is 15.3. The highest BCUT2D eigenvalue weighted by Crippen LogP contribution is 2.36. The van der Waals surface area contributed by atoms with Crippen molar-refractivity contribution in [2.75, 3.05) is 5.32 Å². The summed E-state index contributed by atoms with van der Waals surface area (Å²) < 4.78 is 40.8. The van der Waals surface area contributed by atoms with Crippen LogP contribution in [0.4, 0.5) is 18.9 Å². The fourth-order valence-electron chi connectivity index (χ4n) is 3.65. The van der Waals surface area contributed by atoms with Crippen molar-refractivity contribution in [3.8, 4) is 0 Å². The van der Waals surface area contributed by atoms with Crippen molar-refractivity contribution in [1.29, 1.82) is 0 Å².